The zero-order valence-electron chi connectivity index (χ0n) is 14.6. The third-order valence-corrected chi connectivity index (χ3v) is 6.45. The van der Waals surface area contributed by atoms with Crippen LogP contribution in [-0.4, -0.2) is 44.4 Å². The molecule has 1 saturated carbocycles. The van der Waals surface area contributed by atoms with Gasteiger partial charge >= 0.3 is 0 Å². The molecule has 1 atom stereocenters. The van der Waals surface area contributed by atoms with Crippen LogP contribution in [0, 0.1) is 5.41 Å². The molecule has 1 amide bonds. The summed E-state index contributed by atoms with van der Waals surface area (Å²) in [5, 5.41) is 0. The van der Waals surface area contributed by atoms with Gasteiger partial charge in [0.15, 0.2) is 0 Å². The van der Waals surface area contributed by atoms with Gasteiger partial charge in [-0.3, -0.25) is 4.79 Å². The lowest BCUT2D eigenvalue weighted by molar-refractivity contribution is 0.0533. The van der Waals surface area contributed by atoms with Crippen molar-refractivity contribution in [1.29, 1.82) is 0 Å². The zero-order valence-corrected chi connectivity index (χ0v) is 16.2. The summed E-state index contributed by atoms with van der Waals surface area (Å²) >= 11 is 0. The van der Waals surface area contributed by atoms with Gasteiger partial charge in [0.25, 0.3) is 5.91 Å². The quantitative estimate of drug-likeness (QED) is 0.823. The van der Waals surface area contributed by atoms with Gasteiger partial charge in [-0.25, -0.2) is 13.1 Å². The van der Waals surface area contributed by atoms with Crippen LogP contribution in [-0.2, 0) is 10.0 Å². The molecule has 1 aliphatic carbocycles. The fourth-order valence-corrected chi connectivity index (χ4v) is 4.30. The molecule has 1 saturated heterocycles. The maximum atomic E-state index is 12.7. The number of likely N-dealkylation sites (tertiary alicyclic amines) is 1. The summed E-state index contributed by atoms with van der Waals surface area (Å²) in [5.41, 5.74) is 6.50. The Balaban J connectivity index is 0.00000225. The first-order valence-corrected chi connectivity index (χ1v) is 9.85. The molecule has 8 heteroatoms. The highest BCUT2D eigenvalue weighted by Crippen LogP contribution is 2.29. The molecule has 1 aliphatic heterocycles. The molecule has 25 heavy (non-hydrogen) atoms. The van der Waals surface area contributed by atoms with Crippen LogP contribution in [0.5, 0.6) is 0 Å². The van der Waals surface area contributed by atoms with Gasteiger partial charge in [-0.15, -0.1) is 12.4 Å². The zero-order chi connectivity index (χ0) is 17.5. The summed E-state index contributed by atoms with van der Waals surface area (Å²) in [6.07, 6.45) is 2.56. The first-order chi connectivity index (χ1) is 11.2. The van der Waals surface area contributed by atoms with E-state index in [9.17, 15) is 13.2 Å². The highest BCUT2D eigenvalue weighted by atomic mass is 35.5. The van der Waals surface area contributed by atoms with E-state index in [-0.39, 0.29) is 40.7 Å². The summed E-state index contributed by atoms with van der Waals surface area (Å²) in [7, 11) is -3.48. The second-order valence-corrected chi connectivity index (χ2v) is 9.24. The van der Waals surface area contributed by atoms with Crippen LogP contribution < -0.4 is 10.5 Å². The third kappa shape index (κ3) is 4.53. The average Bonchev–Trinajstić information content (AvgIpc) is 3.32. The second-order valence-electron chi connectivity index (χ2n) is 7.53. The second kappa shape index (κ2) is 7.23. The molecule has 3 rings (SSSR count). The number of nitrogens with two attached hydrogens (primary N) is 1. The first-order valence-electron chi connectivity index (χ1n) is 8.36. The van der Waals surface area contributed by atoms with Crippen molar-refractivity contribution < 1.29 is 13.2 Å². The monoisotopic (exact) mass is 387 g/mol. The lowest BCUT2D eigenvalue weighted by atomic mass is 9.79. The fourth-order valence-electron chi connectivity index (χ4n) is 3.00. The topological polar surface area (TPSA) is 92.5 Å². The largest absolute Gasteiger partial charge is 0.338 e. The highest BCUT2D eigenvalue weighted by Gasteiger charge is 2.35. The van der Waals surface area contributed by atoms with E-state index in [1.54, 1.807) is 17.0 Å². The Hall–Kier alpha value is -1.15. The standard InChI is InChI=1S/C17H25N3O3S.ClH/c1-17(2)11-20(10-9-15(17)18)16(21)12-3-7-14(8-4-12)24(22,23)19-13-5-6-13;/h3-4,7-8,13,15,19H,5-6,9-11,18H2,1-2H3;1H. The van der Waals surface area contributed by atoms with Crippen LogP contribution >= 0.6 is 12.4 Å². The molecule has 2 aliphatic rings. The molecule has 0 spiro atoms. The van der Waals surface area contributed by atoms with Gasteiger partial charge in [0.2, 0.25) is 10.0 Å². The third-order valence-electron chi connectivity index (χ3n) is 4.91. The number of hydrogen-bond acceptors (Lipinski definition) is 4. The van der Waals surface area contributed by atoms with Gasteiger partial charge in [-0.2, -0.15) is 0 Å². The maximum absolute atomic E-state index is 12.7. The summed E-state index contributed by atoms with van der Waals surface area (Å²) in [6, 6.07) is 6.33. The molecule has 6 nitrogen and oxygen atoms in total. The highest BCUT2D eigenvalue weighted by molar-refractivity contribution is 7.89. The number of benzene rings is 1. The van der Waals surface area contributed by atoms with E-state index in [0.717, 1.165) is 19.3 Å². The van der Waals surface area contributed by atoms with Crippen LogP contribution in [0.25, 0.3) is 0 Å². The van der Waals surface area contributed by atoms with Crippen LogP contribution in [0.3, 0.4) is 0 Å². The van der Waals surface area contributed by atoms with Crippen molar-refractivity contribution in [2.24, 2.45) is 11.1 Å². The number of rotatable bonds is 4. The van der Waals surface area contributed by atoms with Gasteiger partial charge in [-0.1, -0.05) is 13.8 Å². The minimum atomic E-state index is -3.48. The lowest BCUT2D eigenvalue weighted by Gasteiger charge is -2.42. The van der Waals surface area contributed by atoms with Gasteiger partial charge in [0, 0.05) is 30.7 Å². The predicted octanol–water partition coefficient (Wildman–Crippen LogP) is 1.75. The van der Waals surface area contributed by atoms with Crippen molar-refractivity contribution in [3.63, 3.8) is 0 Å². The number of carbonyl (C=O) groups excluding carboxylic acids is 1. The van der Waals surface area contributed by atoms with E-state index >= 15 is 0 Å². The summed E-state index contributed by atoms with van der Waals surface area (Å²) in [6.45, 7) is 5.37. The molecular weight excluding hydrogens is 362 g/mol. The molecule has 1 unspecified atom stereocenters. The fraction of sp³-hybridized carbons (Fsp3) is 0.588. The van der Waals surface area contributed by atoms with Crippen molar-refractivity contribution in [3.05, 3.63) is 29.8 Å². The molecule has 3 N–H and O–H groups in total. The smallest absolute Gasteiger partial charge is 0.253 e. The Morgan fingerprint density at radius 2 is 1.80 bits per heavy atom. The molecule has 140 valence electrons. The first kappa shape index (κ1) is 20.2. The normalized spacial score (nSPS) is 23.0. The predicted molar refractivity (Wildman–Crippen MR) is 99.3 cm³/mol. The number of halogens is 1. The minimum absolute atomic E-state index is 0. The Bertz CT molecular complexity index is 730. The van der Waals surface area contributed by atoms with E-state index in [0.29, 0.717) is 18.7 Å². The minimum Gasteiger partial charge on any atom is -0.338 e. The Labute approximate surface area is 155 Å². The van der Waals surface area contributed by atoms with Gasteiger partial charge in [-0.05, 0) is 48.9 Å². The van der Waals surface area contributed by atoms with Crippen molar-refractivity contribution in [2.45, 2.75) is 50.1 Å². The Morgan fingerprint density at radius 1 is 1.20 bits per heavy atom. The van der Waals surface area contributed by atoms with E-state index < -0.39 is 10.0 Å². The molecule has 1 aromatic rings. The van der Waals surface area contributed by atoms with Crippen molar-refractivity contribution >= 4 is 28.3 Å². The van der Waals surface area contributed by atoms with Crippen LogP contribution in [0.1, 0.15) is 43.5 Å². The molecule has 1 aromatic carbocycles. The van der Waals surface area contributed by atoms with E-state index in [1.165, 1.54) is 12.1 Å². The molecule has 2 fully saturated rings. The van der Waals surface area contributed by atoms with Gasteiger partial charge < -0.3 is 10.6 Å². The summed E-state index contributed by atoms with van der Waals surface area (Å²) in [4.78, 5) is 14.7. The van der Waals surface area contributed by atoms with Crippen LogP contribution in [0.2, 0.25) is 0 Å². The van der Waals surface area contributed by atoms with Crippen LogP contribution in [0.15, 0.2) is 29.2 Å². The number of carbonyl (C=O) groups is 1. The van der Waals surface area contributed by atoms with Gasteiger partial charge in [0.05, 0.1) is 4.90 Å². The Morgan fingerprint density at radius 3 is 2.32 bits per heavy atom. The lowest BCUT2D eigenvalue weighted by Crippen LogP contribution is -2.54. The summed E-state index contributed by atoms with van der Waals surface area (Å²) < 4.78 is 27.0. The van der Waals surface area contributed by atoms with Crippen molar-refractivity contribution in [1.82, 2.24) is 9.62 Å². The number of sulfonamides is 1. The molecule has 0 bridgehead atoms. The SMILES string of the molecule is CC1(C)CN(C(=O)c2ccc(S(=O)(=O)NC3CC3)cc2)CCC1N.Cl. The number of nitrogens with zero attached hydrogens (tertiary/aromatic N) is 1. The van der Waals surface area contributed by atoms with E-state index in [4.69, 9.17) is 5.73 Å². The molecule has 0 radical (unpaired) electrons. The number of piperidine rings is 1. The van der Waals surface area contributed by atoms with Crippen molar-refractivity contribution in [2.75, 3.05) is 13.1 Å². The van der Waals surface area contributed by atoms with Crippen LogP contribution in [0.4, 0.5) is 0 Å². The van der Waals surface area contributed by atoms with Gasteiger partial charge in [0.1, 0.15) is 0 Å². The average molecular weight is 388 g/mol. The molecule has 1 heterocycles. The Kier molecular flexibility index (Phi) is 5.83. The number of nitrogens with one attached hydrogen (secondary N) is 1. The molecule has 0 aromatic heterocycles. The summed E-state index contributed by atoms with van der Waals surface area (Å²) in [5.74, 6) is -0.0749. The van der Waals surface area contributed by atoms with E-state index in [2.05, 4.69) is 18.6 Å². The molecular formula is C17H26ClN3O3S. The number of amides is 1. The van der Waals surface area contributed by atoms with E-state index in [1.807, 2.05) is 0 Å². The van der Waals surface area contributed by atoms with Crippen molar-refractivity contribution in [3.8, 4) is 0 Å². The number of hydrogen-bond donors (Lipinski definition) is 2. The maximum Gasteiger partial charge on any atom is 0.253 e.